The smallest absolute Gasteiger partial charge is 0.326 e. The molecule has 1 aromatic heterocycles. The second kappa shape index (κ2) is 15.0. The number of H-pyrrole nitrogens is 1. The van der Waals surface area contributed by atoms with E-state index in [1.54, 1.807) is 30.5 Å². The Labute approximate surface area is 228 Å². The number of aliphatic carboxylic acids is 2. The summed E-state index contributed by atoms with van der Waals surface area (Å²) >= 11 is 0. The third-order valence-corrected chi connectivity index (χ3v) is 5.85. The summed E-state index contributed by atoms with van der Waals surface area (Å²) < 4.78 is 0. The minimum Gasteiger partial charge on any atom is -0.481 e. The van der Waals surface area contributed by atoms with Crippen LogP contribution in [0.1, 0.15) is 24.8 Å². The largest absolute Gasteiger partial charge is 0.481 e. The van der Waals surface area contributed by atoms with Gasteiger partial charge in [0.2, 0.25) is 17.7 Å². The summed E-state index contributed by atoms with van der Waals surface area (Å²) in [5.74, 6) is -5.83. The molecule has 1 aromatic carbocycles. The first-order valence-corrected chi connectivity index (χ1v) is 12.3. The molecular weight excluding hydrogens is 528 g/mol. The van der Waals surface area contributed by atoms with Crippen LogP contribution in [-0.4, -0.2) is 93.2 Å². The highest BCUT2D eigenvalue weighted by Crippen LogP contribution is 2.19. The molecule has 218 valence electrons. The van der Waals surface area contributed by atoms with Crippen molar-refractivity contribution in [2.45, 2.75) is 49.9 Å². The number of nitrogens with one attached hydrogen (secondary N) is 4. The molecule has 3 amide bonds. The number of rotatable bonds is 16. The lowest BCUT2D eigenvalue weighted by atomic mass is 10.0. The summed E-state index contributed by atoms with van der Waals surface area (Å²) in [7, 11) is 0. The first kappa shape index (κ1) is 31.5. The number of aromatic nitrogens is 1. The van der Waals surface area contributed by atoms with Gasteiger partial charge < -0.3 is 53.5 Å². The maximum absolute atomic E-state index is 13.1. The molecule has 2 rings (SSSR count). The number of carbonyl (C=O) groups excluding carboxylic acids is 3. The molecule has 13 N–H and O–H groups in total. The van der Waals surface area contributed by atoms with Crippen LogP contribution in [0.15, 0.2) is 35.5 Å². The predicted molar refractivity (Wildman–Crippen MR) is 143 cm³/mol. The topological polar surface area (TPSA) is 288 Å². The zero-order valence-electron chi connectivity index (χ0n) is 21.5. The maximum Gasteiger partial charge on any atom is 0.326 e. The Morgan fingerprint density at radius 2 is 1.55 bits per heavy atom. The van der Waals surface area contributed by atoms with E-state index in [2.05, 4.69) is 25.9 Å². The molecule has 0 fully saturated rings. The van der Waals surface area contributed by atoms with Gasteiger partial charge in [0, 0.05) is 30.1 Å². The van der Waals surface area contributed by atoms with Crippen molar-refractivity contribution in [3.05, 3.63) is 36.0 Å². The van der Waals surface area contributed by atoms with Crippen molar-refractivity contribution < 1.29 is 39.3 Å². The van der Waals surface area contributed by atoms with Crippen LogP contribution >= 0.6 is 0 Å². The van der Waals surface area contributed by atoms with Crippen LogP contribution in [0.25, 0.3) is 10.9 Å². The Morgan fingerprint density at radius 3 is 2.17 bits per heavy atom. The van der Waals surface area contributed by atoms with Gasteiger partial charge in [-0.2, -0.15) is 0 Å². The molecule has 2 aromatic rings. The number of aliphatic hydroxyl groups is 1. The Bertz CT molecular complexity index is 1240. The number of guanidine groups is 1. The van der Waals surface area contributed by atoms with Crippen LogP contribution in [0, 0.1) is 0 Å². The summed E-state index contributed by atoms with van der Waals surface area (Å²) in [5.41, 5.74) is 17.7. The number of amides is 3. The third-order valence-electron chi connectivity index (χ3n) is 5.85. The van der Waals surface area contributed by atoms with E-state index in [0.29, 0.717) is 12.0 Å². The molecule has 0 unspecified atom stereocenters. The number of hydrogen-bond acceptors (Lipinski definition) is 8. The maximum atomic E-state index is 13.1. The highest BCUT2D eigenvalue weighted by molar-refractivity contribution is 5.95. The molecule has 0 radical (unpaired) electrons. The number of aliphatic hydroxyl groups excluding tert-OH is 1. The van der Waals surface area contributed by atoms with E-state index in [1.807, 2.05) is 0 Å². The van der Waals surface area contributed by atoms with Gasteiger partial charge in [-0.05, 0) is 24.5 Å². The molecule has 0 spiro atoms. The summed E-state index contributed by atoms with van der Waals surface area (Å²) in [4.78, 5) is 67.9. The average molecular weight is 563 g/mol. The number of hydrogen-bond donors (Lipinski definition) is 10. The zero-order valence-corrected chi connectivity index (χ0v) is 21.5. The van der Waals surface area contributed by atoms with Crippen LogP contribution < -0.4 is 33.2 Å². The molecule has 0 aliphatic carbocycles. The Hall–Kier alpha value is -4.70. The van der Waals surface area contributed by atoms with Crippen LogP contribution in [0.5, 0.6) is 0 Å². The number of nitrogens with zero attached hydrogens (tertiary/aromatic N) is 1. The van der Waals surface area contributed by atoms with Crippen molar-refractivity contribution in [2.24, 2.45) is 22.2 Å². The fourth-order valence-electron chi connectivity index (χ4n) is 3.77. The number of benzene rings is 1. The molecule has 16 heteroatoms. The van der Waals surface area contributed by atoms with E-state index in [4.69, 9.17) is 22.3 Å². The number of aliphatic imine (C=N–C) groups is 1. The van der Waals surface area contributed by atoms with Gasteiger partial charge in [-0.15, -0.1) is 0 Å². The molecular formula is C24H34N8O8. The normalized spacial score (nSPS) is 13.8. The number of carbonyl (C=O) groups is 5. The monoisotopic (exact) mass is 562 g/mol. The van der Waals surface area contributed by atoms with Gasteiger partial charge in [0.25, 0.3) is 0 Å². The van der Waals surface area contributed by atoms with E-state index < -0.39 is 66.9 Å². The van der Waals surface area contributed by atoms with Gasteiger partial charge in [0.15, 0.2) is 5.96 Å². The number of aromatic amines is 1. The number of carboxylic acids is 2. The van der Waals surface area contributed by atoms with Crippen molar-refractivity contribution in [3.63, 3.8) is 0 Å². The minimum absolute atomic E-state index is 0.112. The van der Waals surface area contributed by atoms with Gasteiger partial charge in [0.1, 0.15) is 18.1 Å². The SMILES string of the molecule is NC(N)=NCCC[C@H](N)C(=O)N[C@@H](CO)C(=O)N[C@@H](Cc1c[nH]c2ccccc12)C(=O)N[C@@H](CC(=O)O)C(=O)O. The highest BCUT2D eigenvalue weighted by Gasteiger charge is 2.31. The van der Waals surface area contributed by atoms with Crippen LogP contribution in [-0.2, 0) is 30.4 Å². The van der Waals surface area contributed by atoms with Gasteiger partial charge in [-0.1, -0.05) is 18.2 Å². The Balaban J connectivity index is 2.18. The van der Waals surface area contributed by atoms with E-state index in [-0.39, 0.29) is 25.3 Å². The molecule has 40 heavy (non-hydrogen) atoms. The second-order valence-corrected chi connectivity index (χ2v) is 8.92. The molecule has 0 saturated carbocycles. The molecule has 0 aliphatic heterocycles. The molecule has 0 saturated heterocycles. The van der Waals surface area contributed by atoms with Gasteiger partial charge in [0.05, 0.1) is 19.1 Å². The predicted octanol–water partition coefficient (Wildman–Crippen LogP) is -2.90. The summed E-state index contributed by atoms with van der Waals surface area (Å²) in [5, 5.41) is 35.7. The summed E-state index contributed by atoms with van der Waals surface area (Å²) in [6.07, 6.45) is 1.13. The van der Waals surface area contributed by atoms with Gasteiger partial charge in [-0.25, -0.2) is 4.79 Å². The van der Waals surface area contributed by atoms with Gasteiger partial charge >= 0.3 is 11.9 Å². The number of carboxylic acid groups (broad SMARTS) is 2. The fraction of sp³-hybridized carbons (Fsp3) is 0.417. The van der Waals surface area contributed by atoms with Gasteiger partial charge in [-0.3, -0.25) is 24.2 Å². The van der Waals surface area contributed by atoms with E-state index >= 15 is 0 Å². The van der Waals surface area contributed by atoms with Crippen molar-refractivity contribution in [1.29, 1.82) is 0 Å². The lowest BCUT2D eigenvalue weighted by molar-refractivity contribution is -0.147. The van der Waals surface area contributed by atoms with Crippen molar-refractivity contribution in [3.8, 4) is 0 Å². The quantitative estimate of drug-likeness (QED) is 0.0562. The standard InChI is InChI=1S/C24H34N8O8/c25-14(5-3-7-28-24(26)27)20(36)32-18(11-33)22(38)30-16(21(37)31-17(23(39)40)9-19(34)35)8-12-10-29-15-6-2-1-4-13(12)15/h1-2,4,6,10,14,16-18,29,33H,3,5,7-9,11,25H2,(H,30,38)(H,31,37)(H,32,36)(H,34,35)(H,39,40)(H4,26,27,28)/t14-,16-,17-,18-/m0/s1. The Morgan fingerprint density at radius 1 is 0.925 bits per heavy atom. The summed E-state index contributed by atoms with van der Waals surface area (Å²) in [6, 6.07) is 1.40. The zero-order chi connectivity index (χ0) is 29.8. The third kappa shape index (κ3) is 9.55. The fourth-order valence-corrected chi connectivity index (χ4v) is 3.77. The first-order chi connectivity index (χ1) is 18.9. The van der Waals surface area contributed by atoms with Crippen molar-refractivity contribution >= 4 is 46.5 Å². The lowest BCUT2D eigenvalue weighted by Gasteiger charge is -2.24. The second-order valence-electron chi connectivity index (χ2n) is 8.92. The van der Waals surface area contributed by atoms with Crippen LogP contribution in [0.4, 0.5) is 0 Å². The number of fused-ring (bicyclic) bond motifs is 1. The summed E-state index contributed by atoms with van der Waals surface area (Å²) in [6.45, 7) is -0.604. The highest BCUT2D eigenvalue weighted by atomic mass is 16.4. The van der Waals surface area contributed by atoms with Crippen LogP contribution in [0.2, 0.25) is 0 Å². The number of para-hydroxylation sites is 1. The molecule has 1 heterocycles. The minimum atomic E-state index is -1.77. The molecule has 0 aliphatic rings. The molecule has 4 atom stereocenters. The van der Waals surface area contributed by atoms with Crippen molar-refractivity contribution in [1.82, 2.24) is 20.9 Å². The van der Waals surface area contributed by atoms with E-state index in [0.717, 1.165) is 10.9 Å². The first-order valence-electron chi connectivity index (χ1n) is 12.3. The lowest BCUT2D eigenvalue weighted by Crippen LogP contribution is -2.58. The average Bonchev–Trinajstić information content (AvgIpc) is 3.30. The molecule has 0 bridgehead atoms. The molecule has 16 nitrogen and oxygen atoms in total. The van der Waals surface area contributed by atoms with E-state index in [9.17, 15) is 34.2 Å². The van der Waals surface area contributed by atoms with E-state index in [1.165, 1.54) is 0 Å². The number of nitrogens with two attached hydrogens (primary N) is 3. The van der Waals surface area contributed by atoms with Crippen molar-refractivity contribution in [2.75, 3.05) is 13.2 Å². The van der Waals surface area contributed by atoms with Crippen LogP contribution in [0.3, 0.4) is 0 Å². The Kier molecular flexibility index (Phi) is 11.8.